The van der Waals surface area contributed by atoms with Crippen molar-refractivity contribution in [3.05, 3.63) is 33.7 Å². The summed E-state index contributed by atoms with van der Waals surface area (Å²) in [5.74, 6) is -0.260. The fraction of sp³-hybridized carbons (Fsp3) is 0.125. The molecule has 4 nitrogen and oxygen atoms in total. The number of carbonyl (C=O) groups is 1. The predicted molar refractivity (Wildman–Crippen MR) is 41.8 cm³/mol. The zero-order valence-corrected chi connectivity index (χ0v) is 6.42. The van der Waals surface area contributed by atoms with Crippen LogP contribution in [0.1, 0.15) is 23.0 Å². The number of aromatic nitrogens is 1. The smallest absolute Gasteiger partial charge is 0.249 e. The molecule has 0 saturated carbocycles. The number of aromatic amines is 1. The number of hydrogen-bond acceptors (Lipinski definition) is 3. The second-order valence-corrected chi connectivity index (χ2v) is 2.31. The molecule has 12 heavy (non-hydrogen) atoms. The summed E-state index contributed by atoms with van der Waals surface area (Å²) in [7, 11) is 0. The number of nitriles is 1. The fourth-order valence-electron chi connectivity index (χ4n) is 0.797. The first-order chi connectivity index (χ1) is 5.63. The summed E-state index contributed by atoms with van der Waals surface area (Å²) in [5, 5.41) is 8.45. The molecule has 0 aliphatic heterocycles. The highest BCUT2D eigenvalue weighted by atomic mass is 16.1. The summed E-state index contributed by atoms with van der Waals surface area (Å²) in [5.41, 5.74) is -0.0674. The van der Waals surface area contributed by atoms with E-state index in [4.69, 9.17) is 5.26 Å². The van der Waals surface area contributed by atoms with Gasteiger partial charge < -0.3 is 4.98 Å². The normalized spacial score (nSPS) is 9.00. The largest absolute Gasteiger partial charge is 0.319 e. The van der Waals surface area contributed by atoms with E-state index in [1.54, 1.807) is 6.07 Å². The quantitative estimate of drug-likeness (QED) is 0.609. The van der Waals surface area contributed by atoms with E-state index in [9.17, 15) is 9.59 Å². The molecule has 0 radical (unpaired) electrons. The summed E-state index contributed by atoms with van der Waals surface area (Å²) < 4.78 is 0. The van der Waals surface area contributed by atoms with Gasteiger partial charge in [-0.1, -0.05) is 0 Å². The number of pyridine rings is 1. The van der Waals surface area contributed by atoms with E-state index >= 15 is 0 Å². The van der Waals surface area contributed by atoms with Crippen molar-refractivity contribution in [2.24, 2.45) is 0 Å². The van der Waals surface area contributed by atoms with Crippen LogP contribution in [-0.2, 0) is 0 Å². The Morgan fingerprint density at radius 1 is 1.58 bits per heavy atom. The second-order valence-electron chi connectivity index (χ2n) is 2.31. The fourth-order valence-corrected chi connectivity index (χ4v) is 0.797. The Morgan fingerprint density at radius 2 is 2.25 bits per heavy atom. The Hall–Kier alpha value is -1.89. The average molecular weight is 162 g/mol. The third kappa shape index (κ3) is 1.58. The van der Waals surface area contributed by atoms with E-state index < -0.39 is 5.56 Å². The number of ketones is 1. The molecule has 0 bridgehead atoms. The van der Waals surface area contributed by atoms with E-state index in [1.165, 1.54) is 13.0 Å². The van der Waals surface area contributed by atoms with Gasteiger partial charge >= 0.3 is 0 Å². The topological polar surface area (TPSA) is 73.7 Å². The maximum atomic E-state index is 10.8. The molecule has 0 fully saturated rings. The summed E-state index contributed by atoms with van der Waals surface area (Å²) >= 11 is 0. The van der Waals surface area contributed by atoms with Gasteiger partial charge in [-0.2, -0.15) is 5.26 Å². The van der Waals surface area contributed by atoms with Crippen LogP contribution in [0.25, 0.3) is 0 Å². The maximum absolute atomic E-state index is 10.8. The molecule has 0 aliphatic rings. The molecule has 0 amide bonds. The molecule has 4 heteroatoms. The molecule has 0 unspecified atom stereocenters. The van der Waals surface area contributed by atoms with Crippen LogP contribution in [0, 0.1) is 11.3 Å². The van der Waals surface area contributed by atoms with E-state index in [1.807, 2.05) is 0 Å². The summed E-state index contributed by atoms with van der Waals surface area (Å²) in [6.07, 6.45) is 0. The number of nitrogens with zero attached hydrogens (tertiary/aromatic N) is 1. The summed E-state index contributed by atoms with van der Waals surface area (Å²) in [4.78, 5) is 23.9. The Morgan fingerprint density at radius 3 is 2.75 bits per heavy atom. The minimum atomic E-state index is -0.431. The number of Topliss-reactive ketones (excluding diaryl/α,β-unsaturated/α-hetero) is 1. The van der Waals surface area contributed by atoms with Gasteiger partial charge in [0.2, 0.25) is 5.56 Å². The average Bonchev–Trinajstić information content (AvgIpc) is 2.03. The first kappa shape index (κ1) is 8.21. The Labute approximate surface area is 68.5 Å². The molecule has 1 rings (SSSR count). The third-order valence-corrected chi connectivity index (χ3v) is 1.35. The molecular formula is C8H6N2O2. The van der Waals surface area contributed by atoms with Gasteiger partial charge in [-0.15, -0.1) is 0 Å². The Kier molecular flexibility index (Phi) is 2.06. The second kappa shape index (κ2) is 3.01. The third-order valence-electron chi connectivity index (χ3n) is 1.35. The molecular weight excluding hydrogens is 156 g/mol. The lowest BCUT2D eigenvalue weighted by atomic mass is 10.2. The van der Waals surface area contributed by atoms with E-state index in [2.05, 4.69) is 4.98 Å². The number of nitrogens with one attached hydrogen (secondary N) is 1. The van der Waals surface area contributed by atoms with Crippen molar-refractivity contribution in [2.75, 3.05) is 0 Å². The van der Waals surface area contributed by atoms with Crippen molar-refractivity contribution in [1.82, 2.24) is 4.98 Å². The number of rotatable bonds is 1. The molecule has 0 atom stereocenters. The van der Waals surface area contributed by atoms with Crippen LogP contribution in [0.2, 0.25) is 0 Å². The van der Waals surface area contributed by atoms with Crippen LogP contribution in [0.15, 0.2) is 16.9 Å². The Balaban J connectivity index is 3.36. The monoisotopic (exact) mass is 162 g/mol. The number of H-pyrrole nitrogens is 1. The Bertz CT molecular complexity index is 412. The minimum absolute atomic E-state index is 0.166. The van der Waals surface area contributed by atoms with Crippen LogP contribution in [0.4, 0.5) is 0 Å². The minimum Gasteiger partial charge on any atom is -0.319 e. The van der Waals surface area contributed by atoms with E-state index in [-0.39, 0.29) is 17.0 Å². The van der Waals surface area contributed by atoms with Gasteiger partial charge in [-0.05, 0) is 6.07 Å². The van der Waals surface area contributed by atoms with Crippen molar-refractivity contribution in [1.29, 1.82) is 5.26 Å². The van der Waals surface area contributed by atoms with Gasteiger partial charge in [0.25, 0.3) is 0 Å². The van der Waals surface area contributed by atoms with Gasteiger partial charge in [0.05, 0.1) is 17.3 Å². The molecule has 0 saturated heterocycles. The van der Waals surface area contributed by atoms with Crippen LogP contribution in [-0.4, -0.2) is 10.8 Å². The first-order valence-electron chi connectivity index (χ1n) is 3.29. The summed E-state index contributed by atoms with van der Waals surface area (Å²) in [6.45, 7) is 1.33. The molecule has 60 valence electrons. The predicted octanol–water partition coefficient (Wildman–Crippen LogP) is 0.449. The molecule has 1 N–H and O–H groups in total. The van der Waals surface area contributed by atoms with Gasteiger partial charge in [-0.25, -0.2) is 0 Å². The molecule has 1 aromatic heterocycles. The van der Waals surface area contributed by atoms with Crippen LogP contribution < -0.4 is 5.56 Å². The van der Waals surface area contributed by atoms with E-state index in [0.717, 1.165) is 6.07 Å². The van der Waals surface area contributed by atoms with E-state index in [0.29, 0.717) is 0 Å². The molecule has 0 aliphatic carbocycles. The zero-order valence-electron chi connectivity index (χ0n) is 6.42. The maximum Gasteiger partial charge on any atom is 0.249 e. The van der Waals surface area contributed by atoms with Gasteiger partial charge in [0.15, 0.2) is 5.78 Å². The van der Waals surface area contributed by atoms with Crippen LogP contribution in [0.5, 0.6) is 0 Å². The van der Waals surface area contributed by atoms with Gasteiger partial charge in [-0.3, -0.25) is 9.59 Å². The summed E-state index contributed by atoms with van der Waals surface area (Å²) in [6, 6.07) is 4.29. The van der Waals surface area contributed by atoms with Crippen molar-refractivity contribution in [3.63, 3.8) is 0 Å². The number of hydrogen-bond donors (Lipinski definition) is 1. The SMILES string of the molecule is CC(=O)c1cc(C#N)cc(=O)[nH]1. The molecule has 1 aromatic rings. The first-order valence-corrected chi connectivity index (χ1v) is 3.29. The lowest BCUT2D eigenvalue weighted by Gasteiger charge is -1.93. The van der Waals surface area contributed by atoms with Gasteiger partial charge in [0.1, 0.15) is 0 Å². The highest BCUT2D eigenvalue weighted by Crippen LogP contribution is 1.97. The lowest BCUT2D eigenvalue weighted by Crippen LogP contribution is -2.10. The van der Waals surface area contributed by atoms with Crippen molar-refractivity contribution < 1.29 is 4.79 Å². The molecule has 0 aromatic carbocycles. The van der Waals surface area contributed by atoms with Crippen molar-refractivity contribution >= 4 is 5.78 Å². The van der Waals surface area contributed by atoms with Crippen LogP contribution >= 0.6 is 0 Å². The molecule has 1 heterocycles. The standard InChI is InChI=1S/C8H6N2O2/c1-5(11)7-2-6(4-9)3-8(12)10-7/h2-3H,1H3,(H,10,12). The molecule has 0 spiro atoms. The van der Waals surface area contributed by atoms with Crippen LogP contribution in [0.3, 0.4) is 0 Å². The highest BCUT2D eigenvalue weighted by Gasteiger charge is 2.01. The lowest BCUT2D eigenvalue weighted by molar-refractivity contribution is 0.101. The zero-order chi connectivity index (χ0) is 9.14. The van der Waals surface area contributed by atoms with Crippen molar-refractivity contribution in [2.45, 2.75) is 6.92 Å². The van der Waals surface area contributed by atoms with Crippen molar-refractivity contribution in [3.8, 4) is 6.07 Å². The highest BCUT2D eigenvalue weighted by molar-refractivity contribution is 5.92. The number of carbonyl (C=O) groups excluding carboxylic acids is 1. The van der Waals surface area contributed by atoms with Gasteiger partial charge in [0, 0.05) is 13.0 Å².